The zero-order valence-electron chi connectivity index (χ0n) is 8.85. The van der Waals surface area contributed by atoms with Gasteiger partial charge in [0.05, 0.1) is 21.8 Å². The van der Waals surface area contributed by atoms with E-state index in [9.17, 15) is 4.79 Å². The van der Waals surface area contributed by atoms with E-state index in [1.807, 2.05) is 6.92 Å². The summed E-state index contributed by atoms with van der Waals surface area (Å²) in [4.78, 5) is 19.0. The van der Waals surface area contributed by atoms with E-state index in [0.29, 0.717) is 16.7 Å². The van der Waals surface area contributed by atoms with Crippen molar-refractivity contribution in [3.8, 4) is 10.7 Å². The average Bonchev–Trinajstić information content (AvgIpc) is 2.83. The number of thiazole rings is 1. The summed E-state index contributed by atoms with van der Waals surface area (Å²) < 4.78 is 0. The van der Waals surface area contributed by atoms with E-state index in [-0.39, 0.29) is 5.78 Å². The Balaban J connectivity index is 2.14. The maximum atomic E-state index is 10.8. The van der Waals surface area contributed by atoms with Gasteiger partial charge in [-0.2, -0.15) is 0 Å². The normalized spacial score (nSPS) is 10.6. The Bertz CT molecular complexity index is 505. The van der Waals surface area contributed by atoms with Gasteiger partial charge in [0.25, 0.3) is 0 Å². The standard InChI is InChI=1S/C9H10N4OS2/c1-5(14)3-15-9-11-8(12-13-9)7-6(2)10-4-16-7/h4H,3H2,1-2H3,(H,11,12,13). The highest BCUT2D eigenvalue weighted by atomic mass is 32.2. The molecule has 0 saturated heterocycles. The first-order valence-corrected chi connectivity index (χ1v) is 6.48. The zero-order valence-corrected chi connectivity index (χ0v) is 10.5. The molecule has 84 valence electrons. The molecular formula is C9H10N4OS2. The number of nitrogens with one attached hydrogen (secondary N) is 1. The molecule has 0 aliphatic carbocycles. The van der Waals surface area contributed by atoms with E-state index in [4.69, 9.17) is 0 Å². The lowest BCUT2D eigenvalue weighted by Crippen LogP contribution is -1.93. The summed E-state index contributed by atoms with van der Waals surface area (Å²) in [6.07, 6.45) is 0. The van der Waals surface area contributed by atoms with Gasteiger partial charge in [0, 0.05) is 0 Å². The van der Waals surface area contributed by atoms with Crippen LogP contribution in [0.2, 0.25) is 0 Å². The SMILES string of the molecule is CC(=O)CSc1nnc(-c2scnc2C)[nH]1. The van der Waals surface area contributed by atoms with E-state index in [0.717, 1.165) is 10.6 Å². The molecule has 0 amide bonds. The number of rotatable bonds is 4. The topological polar surface area (TPSA) is 71.5 Å². The number of H-pyrrole nitrogens is 1. The summed E-state index contributed by atoms with van der Waals surface area (Å²) in [6.45, 7) is 3.48. The van der Waals surface area contributed by atoms with Crippen LogP contribution in [-0.2, 0) is 4.79 Å². The van der Waals surface area contributed by atoms with E-state index in [1.54, 1.807) is 12.4 Å². The first-order valence-electron chi connectivity index (χ1n) is 4.62. The highest BCUT2D eigenvalue weighted by molar-refractivity contribution is 7.99. The Morgan fingerprint density at radius 1 is 1.56 bits per heavy atom. The number of Topliss-reactive ketones (excluding diaryl/α,β-unsaturated/α-hetero) is 1. The van der Waals surface area contributed by atoms with Gasteiger partial charge < -0.3 is 4.98 Å². The third kappa shape index (κ3) is 2.48. The van der Waals surface area contributed by atoms with Crippen LogP contribution in [0.5, 0.6) is 0 Å². The lowest BCUT2D eigenvalue weighted by atomic mass is 10.4. The molecule has 16 heavy (non-hydrogen) atoms. The number of carbonyl (C=O) groups excluding carboxylic acids is 1. The summed E-state index contributed by atoms with van der Waals surface area (Å²) in [5.41, 5.74) is 2.71. The summed E-state index contributed by atoms with van der Waals surface area (Å²) in [6, 6.07) is 0. The van der Waals surface area contributed by atoms with E-state index >= 15 is 0 Å². The number of hydrogen-bond donors (Lipinski definition) is 1. The molecule has 0 spiro atoms. The second kappa shape index (κ2) is 4.75. The number of hydrogen-bond acceptors (Lipinski definition) is 6. The van der Waals surface area contributed by atoms with Crippen LogP contribution < -0.4 is 0 Å². The molecule has 0 radical (unpaired) electrons. The molecule has 0 bridgehead atoms. The van der Waals surface area contributed by atoms with Crippen molar-refractivity contribution in [2.45, 2.75) is 19.0 Å². The molecule has 2 aromatic heterocycles. The van der Waals surface area contributed by atoms with E-state index < -0.39 is 0 Å². The number of ketones is 1. The van der Waals surface area contributed by atoms with Crippen molar-refractivity contribution in [3.05, 3.63) is 11.2 Å². The van der Waals surface area contributed by atoms with Crippen LogP contribution in [0, 0.1) is 6.92 Å². The minimum absolute atomic E-state index is 0.122. The molecule has 0 aliphatic heterocycles. The van der Waals surface area contributed by atoms with Crippen molar-refractivity contribution in [2.24, 2.45) is 0 Å². The Morgan fingerprint density at radius 3 is 3.00 bits per heavy atom. The molecule has 2 heterocycles. The molecule has 2 aromatic rings. The molecule has 0 saturated carbocycles. The quantitative estimate of drug-likeness (QED) is 0.844. The highest BCUT2D eigenvalue weighted by Gasteiger charge is 2.10. The second-order valence-electron chi connectivity index (χ2n) is 3.24. The third-order valence-corrected chi connectivity index (χ3v) is 3.78. The van der Waals surface area contributed by atoms with Crippen LogP contribution in [-0.4, -0.2) is 31.7 Å². The summed E-state index contributed by atoms with van der Waals surface area (Å²) in [5, 5.41) is 8.66. The fraction of sp³-hybridized carbons (Fsp3) is 0.333. The lowest BCUT2D eigenvalue weighted by Gasteiger charge is -1.92. The highest BCUT2D eigenvalue weighted by Crippen LogP contribution is 2.25. The van der Waals surface area contributed by atoms with Crippen LogP contribution >= 0.6 is 23.1 Å². The van der Waals surface area contributed by atoms with Crippen molar-refractivity contribution < 1.29 is 4.79 Å². The largest absolute Gasteiger partial charge is 0.315 e. The van der Waals surface area contributed by atoms with Gasteiger partial charge in [0.2, 0.25) is 0 Å². The van der Waals surface area contributed by atoms with Crippen molar-refractivity contribution in [3.63, 3.8) is 0 Å². The second-order valence-corrected chi connectivity index (χ2v) is 5.06. The van der Waals surface area contributed by atoms with Crippen molar-refractivity contribution >= 4 is 28.9 Å². The molecule has 5 nitrogen and oxygen atoms in total. The first kappa shape index (κ1) is 11.3. The summed E-state index contributed by atoms with van der Waals surface area (Å²) in [7, 11) is 0. The molecule has 1 N–H and O–H groups in total. The minimum Gasteiger partial charge on any atom is -0.315 e. The maximum Gasteiger partial charge on any atom is 0.189 e. The Labute approximate surface area is 101 Å². The fourth-order valence-corrected chi connectivity index (χ4v) is 2.46. The molecule has 0 fully saturated rings. The molecule has 0 unspecified atom stereocenters. The molecular weight excluding hydrogens is 244 g/mol. The van der Waals surface area contributed by atoms with E-state index in [1.165, 1.54) is 23.1 Å². The van der Waals surface area contributed by atoms with Gasteiger partial charge in [-0.05, 0) is 13.8 Å². The van der Waals surface area contributed by atoms with Crippen molar-refractivity contribution in [1.82, 2.24) is 20.2 Å². The lowest BCUT2D eigenvalue weighted by molar-refractivity contribution is -0.114. The van der Waals surface area contributed by atoms with Crippen molar-refractivity contribution in [1.29, 1.82) is 0 Å². The first-order chi connectivity index (χ1) is 7.66. The molecule has 0 aliphatic rings. The average molecular weight is 254 g/mol. The third-order valence-electron chi connectivity index (χ3n) is 1.84. The molecule has 0 atom stereocenters. The van der Waals surface area contributed by atoms with Crippen LogP contribution in [0.15, 0.2) is 10.7 Å². The van der Waals surface area contributed by atoms with Gasteiger partial charge in [-0.25, -0.2) is 4.98 Å². The Morgan fingerprint density at radius 2 is 2.38 bits per heavy atom. The minimum atomic E-state index is 0.122. The van der Waals surface area contributed by atoms with E-state index in [2.05, 4.69) is 20.2 Å². The number of thioether (sulfide) groups is 1. The van der Waals surface area contributed by atoms with Crippen LogP contribution in [0.25, 0.3) is 10.7 Å². The number of aromatic nitrogens is 4. The molecule has 2 rings (SSSR count). The maximum absolute atomic E-state index is 10.8. The molecule has 0 aromatic carbocycles. The van der Waals surface area contributed by atoms with Gasteiger partial charge in [0.15, 0.2) is 11.0 Å². The van der Waals surface area contributed by atoms with Gasteiger partial charge in [-0.3, -0.25) is 4.79 Å². The number of carbonyl (C=O) groups is 1. The monoisotopic (exact) mass is 254 g/mol. The molecule has 7 heteroatoms. The number of nitrogens with zero attached hydrogens (tertiary/aromatic N) is 3. The number of aromatic amines is 1. The predicted octanol–water partition coefficient (Wildman–Crippen LogP) is 1.92. The summed E-state index contributed by atoms with van der Waals surface area (Å²) >= 11 is 2.88. The summed E-state index contributed by atoms with van der Waals surface area (Å²) in [5.74, 6) is 1.25. The zero-order chi connectivity index (χ0) is 11.5. The Hall–Kier alpha value is -1.21. The number of aryl methyl sites for hydroxylation is 1. The van der Waals surface area contributed by atoms with Gasteiger partial charge in [-0.1, -0.05) is 11.8 Å². The predicted molar refractivity (Wildman–Crippen MR) is 63.6 cm³/mol. The van der Waals surface area contributed by atoms with Gasteiger partial charge >= 0.3 is 0 Å². The Kier molecular flexibility index (Phi) is 3.35. The van der Waals surface area contributed by atoms with Crippen LogP contribution in [0.3, 0.4) is 0 Å². The van der Waals surface area contributed by atoms with Crippen LogP contribution in [0.1, 0.15) is 12.6 Å². The smallest absolute Gasteiger partial charge is 0.189 e. The van der Waals surface area contributed by atoms with Crippen LogP contribution in [0.4, 0.5) is 0 Å². The van der Waals surface area contributed by atoms with Gasteiger partial charge in [-0.15, -0.1) is 21.5 Å². The van der Waals surface area contributed by atoms with Crippen molar-refractivity contribution in [2.75, 3.05) is 5.75 Å². The van der Waals surface area contributed by atoms with Gasteiger partial charge in [0.1, 0.15) is 5.78 Å². The fourth-order valence-electron chi connectivity index (χ4n) is 1.11.